The molecule has 30 heavy (non-hydrogen) atoms. The van der Waals surface area contributed by atoms with Gasteiger partial charge in [-0.1, -0.05) is 25.2 Å². The van der Waals surface area contributed by atoms with Gasteiger partial charge in [0, 0.05) is 13.1 Å². The van der Waals surface area contributed by atoms with Gasteiger partial charge in [0.05, 0.1) is 24.9 Å². The summed E-state index contributed by atoms with van der Waals surface area (Å²) in [7, 11) is 3.25. The molecule has 0 aliphatic carbocycles. The summed E-state index contributed by atoms with van der Waals surface area (Å²) in [6, 6.07) is 3.70. The van der Waals surface area contributed by atoms with Crippen LogP contribution in [0, 0.1) is 13.8 Å². The highest BCUT2D eigenvalue weighted by atomic mass is 32.1. The van der Waals surface area contributed by atoms with E-state index in [-0.39, 0.29) is 5.91 Å². The van der Waals surface area contributed by atoms with Gasteiger partial charge in [0.15, 0.2) is 5.13 Å². The number of hydrogen-bond donors (Lipinski definition) is 0. The minimum absolute atomic E-state index is 0.0674. The van der Waals surface area contributed by atoms with Gasteiger partial charge in [0.1, 0.15) is 26.6 Å². The highest BCUT2D eigenvalue weighted by Gasteiger charge is 2.26. The predicted octanol–water partition coefficient (Wildman–Crippen LogP) is 4.38. The summed E-state index contributed by atoms with van der Waals surface area (Å²) in [6.45, 7) is 11.2. The van der Waals surface area contributed by atoms with Crippen molar-refractivity contribution in [3.63, 3.8) is 0 Å². The molecule has 2 heterocycles. The number of nitrogens with zero attached hydrogens (tertiary/aromatic N) is 4. The maximum atomic E-state index is 13.5. The summed E-state index contributed by atoms with van der Waals surface area (Å²) in [5.41, 5.74) is 1.46. The maximum absolute atomic E-state index is 13.5. The first kappa shape index (κ1) is 22.5. The second-order valence-electron chi connectivity index (χ2n) is 6.78. The maximum Gasteiger partial charge on any atom is 0.272 e. The lowest BCUT2D eigenvalue weighted by atomic mass is 10.3. The van der Waals surface area contributed by atoms with E-state index in [0.717, 1.165) is 40.8 Å². The third kappa shape index (κ3) is 4.43. The molecule has 0 spiro atoms. The van der Waals surface area contributed by atoms with Crippen LogP contribution < -0.4 is 14.4 Å². The topological polar surface area (TPSA) is 67.8 Å². The SMILES string of the molecule is CCN(CC)CCN(C(=O)c1sc(C)nc1C)c1nc2c(OC)ccc(OC)c2s1. The zero-order valence-corrected chi connectivity index (χ0v) is 19.9. The van der Waals surface area contributed by atoms with Gasteiger partial charge < -0.3 is 14.4 Å². The van der Waals surface area contributed by atoms with Gasteiger partial charge in [-0.15, -0.1) is 11.3 Å². The lowest BCUT2D eigenvalue weighted by Gasteiger charge is -2.24. The van der Waals surface area contributed by atoms with Gasteiger partial charge in [-0.3, -0.25) is 9.69 Å². The number of aromatic nitrogens is 2. The van der Waals surface area contributed by atoms with Gasteiger partial charge in [0.25, 0.3) is 5.91 Å². The Kier molecular flexibility index (Phi) is 7.27. The van der Waals surface area contributed by atoms with E-state index in [0.29, 0.717) is 27.8 Å². The Labute approximate surface area is 185 Å². The van der Waals surface area contributed by atoms with E-state index in [1.807, 2.05) is 26.0 Å². The van der Waals surface area contributed by atoms with Crippen LogP contribution in [0.25, 0.3) is 10.2 Å². The van der Waals surface area contributed by atoms with Crippen LogP contribution >= 0.6 is 22.7 Å². The molecule has 1 aromatic carbocycles. The number of carbonyl (C=O) groups excluding carboxylic acids is 1. The number of ether oxygens (including phenoxy) is 2. The Morgan fingerprint density at radius 2 is 1.67 bits per heavy atom. The molecule has 3 aromatic rings. The van der Waals surface area contributed by atoms with E-state index >= 15 is 0 Å². The molecule has 0 atom stereocenters. The molecular formula is C21H28N4O3S2. The Morgan fingerprint density at radius 1 is 1.00 bits per heavy atom. The molecule has 0 radical (unpaired) electrons. The van der Waals surface area contributed by atoms with Crippen LogP contribution in [0.4, 0.5) is 5.13 Å². The first-order valence-corrected chi connectivity index (χ1v) is 11.6. The standard InChI is InChI=1S/C21H28N4O3S2/c1-7-24(8-2)11-12-25(20(26)18-13(3)22-14(4)29-18)21-23-17-15(27-5)9-10-16(28-6)19(17)30-21/h9-10H,7-8,11-12H2,1-6H3. The molecule has 1 amide bonds. The minimum Gasteiger partial charge on any atom is -0.495 e. The lowest BCUT2D eigenvalue weighted by Crippen LogP contribution is -2.38. The third-order valence-electron chi connectivity index (χ3n) is 5.01. The number of rotatable bonds is 9. The van der Waals surface area contributed by atoms with Crippen LogP contribution in [-0.4, -0.2) is 61.2 Å². The molecule has 0 saturated heterocycles. The Hall–Kier alpha value is -2.23. The van der Waals surface area contributed by atoms with E-state index in [2.05, 4.69) is 23.7 Å². The molecule has 2 aromatic heterocycles. The zero-order chi connectivity index (χ0) is 21.8. The fourth-order valence-electron chi connectivity index (χ4n) is 3.31. The summed E-state index contributed by atoms with van der Waals surface area (Å²) in [4.78, 5) is 27.5. The molecule has 0 unspecified atom stereocenters. The number of methoxy groups -OCH3 is 2. The van der Waals surface area contributed by atoms with Crippen LogP contribution in [-0.2, 0) is 0 Å². The van der Waals surface area contributed by atoms with Crippen molar-refractivity contribution in [3.8, 4) is 11.5 Å². The summed E-state index contributed by atoms with van der Waals surface area (Å²) in [5, 5.41) is 1.52. The monoisotopic (exact) mass is 448 g/mol. The summed E-state index contributed by atoms with van der Waals surface area (Å²) < 4.78 is 11.9. The largest absolute Gasteiger partial charge is 0.495 e. The van der Waals surface area contributed by atoms with E-state index in [9.17, 15) is 4.79 Å². The Morgan fingerprint density at radius 3 is 2.23 bits per heavy atom. The van der Waals surface area contributed by atoms with E-state index < -0.39 is 0 Å². The molecule has 0 bridgehead atoms. The van der Waals surface area contributed by atoms with Gasteiger partial charge in [-0.05, 0) is 39.1 Å². The average molecular weight is 449 g/mol. The van der Waals surface area contributed by atoms with Crippen LogP contribution in [0.2, 0.25) is 0 Å². The summed E-state index contributed by atoms with van der Waals surface area (Å²) >= 11 is 2.87. The number of thiazole rings is 2. The van der Waals surface area contributed by atoms with Crippen LogP contribution in [0.15, 0.2) is 12.1 Å². The van der Waals surface area contributed by atoms with E-state index in [4.69, 9.17) is 14.5 Å². The summed E-state index contributed by atoms with van der Waals surface area (Å²) in [5.74, 6) is 1.31. The number of aryl methyl sites for hydroxylation is 2. The molecule has 9 heteroatoms. The molecule has 0 aliphatic rings. The summed E-state index contributed by atoms with van der Waals surface area (Å²) in [6.07, 6.45) is 0. The molecule has 7 nitrogen and oxygen atoms in total. The smallest absolute Gasteiger partial charge is 0.272 e. The second-order valence-corrected chi connectivity index (χ2v) is 8.96. The predicted molar refractivity (Wildman–Crippen MR) is 124 cm³/mol. The highest BCUT2D eigenvalue weighted by Crippen LogP contribution is 2.40. The van der Waals surface area contributed by atoms with E-state index in [1.54, 1.807) is 19.1 Å². The highest BCUT2D eigenvalue weighted by molar-refractivity contribution is 7.23. The van der Waals surface area contributed by atoms with Crippen molar-refractivity contribution >= 4 is 43.9 Å². The molecule has 162 valence electrons. The van der Waals surface area contributed by atoms with Crippen LogP contribution in [0.5, 0.6) is 11.5 Å². The number of amides is 1. The van der Waals surface area contributed by atoms with Crippen molar-refractivity contribution in [2.45, 2.75) is 27.7 Å². The van der Waals surface area contributed by atoms with Crippen LogP contribution in [0.1, 0.15) is 34.2 Å². The average Bonchev–Trinajstić information content (AvgIpc) is 3.33. The van der Waals surface area contributed by atoms with Crippen LogP contribution in [0.3, 0.4) is 0 Å². The molecule has 0 aliphatic heterocycles. The molecule has 0 fully saturated rings. The first-order valence-electron chi connectivity index (χ1n) is 9.93. The molecule has 3 rings (SSSR count). The van der Waals surface area contributed by atoms with Gasteiger partial charge >= 0.3 is 0 Å². The number of benzene rings is 1. The van der Waals surface area contributed by atoms with Crippen molar-refractivity contribution < 1.29 is 14.3 Å². The zero-order valence-electron chi connectivity index (χ0n) is 18.3. The normalized spacial score (nSPS) is 11.3. The van der Waals surface area contributed by atoms with Crippen molar-refractivity contribution in [2.75, 3.05) is 45.3 Å². The van der Waals surface area contributed by atoms with Crippen molar-refractivity contribution in [1.82, 2.24) is 14.9 Å². The minimum atomic E-state index is -0.0674. The van der Waals surface area contributed by atoms with E-state index in [1.165, 1.54) is 22.7 Å². The van der Waals surface area contributed by atoms with Gasteiger partial charge in [0.2, 0.25) is 0 Å². The number of hydrogen-bond acceptors (Lipinski definition) is 8. The fourth-order valence-corrected chi connectivity index (χ4v) is 5.27. The van der Waals surface area contributed by atoms with Gasteiger partial charge in [-0.2, -0.15) is 0 Å². The van der Waals surface area contributed by atoms with Crippen molar-refractivity contribution in [2.24, 2.45) is 0 Å². The number of likely N-dealkylation sites (N-methyl/N-ethyl adjacent to an activating group) is 1. The quantitative estimate of drug-likeness (QED) is 0.484. The number of fused-ring (bicyclic) bond motifs is 1. The number of anilines is 1. The molecule has 0 N–H and O–H groups in total. The van der Waals surface area contributed by atoms with Crippen molar-refractivity contribution in [3.05, 3.63) is 27.7 Å². The first-order chi connectivity index (χ1) is 14.4. The Balaban J connectivity index is 2.07. The third-order valence-corrected chi connectivity index (χ3v) is 7.16. The molecular weight excluding hydrogens is 420 g/mol. The van der Waals surface area contributed by atoms with Crippen molar-refractivity contribution in [1.29, 1.82) is 0 Å². The van der Waals surface area contributed by atoms with Gasteiger partial charge in [-0.25, -0.2) is 9.97 Å². The fraction of sp³-hybridized carbons (Fsp3) is 0.476. The number of carbonyl (C=O) groups is 1. The lowest BCUT2D eigenvalue weighted by molar-refractivity contribution is 0.0987. The Bertz CT molecular complexity index is 986. The second kappa shape index (κ2) is 9.72. The molecule has 0 saturated carbocycles.